The Hall–Kier alpha value is -3.38. The minimum Gasteiger partial charge on any atom is -0.324 e. The SMILES string of the molecule is C=C(C(=N)c1cccnc1)c1ccnc(Nc2ccc3c(c2)CCN(C)C3)n1. The molecule has 1 aromatic carbocycles. The fourth-order valence-corrected chi connectivity index (χ4v) is 3.30. The number of anilines is 2. The maximum absolute atomic E-state index is 8.36. The Labute approximate surface area is 164 Å². The summed E-state index contributed by atoms with van der Waals surface area (Å²) in [4.78, 5) is 15.3. The zero-order valence-corrected chi connectivity index (χ0v) is 15.8. The minimum atomic E-state index is 0.302. The molecule has 0 saturated carbocycles. The van der Waals surface area contributed by atoms with E-state index in [2.05, 4.69) is 57.0 Å². The van der Waals surface area contributed by atoms with Crippen molar-refractivity contribution in [1.82, 2.24) is 19.9 Å². The van der Waals surface area contributed by atoms with E-state index in [4.69, 9.17) is 5.41 Å². The van der Waals surface area contributed by atoms with Crippen molar-refractivity contribution in [3.8, 4) is 0 Å². The van der Waals surface area contributed by atoms with Gasteiger partial charge < -0.3 is 10.2 Å². The number of aromatic nitrogens is 3. The lowest BCUT2D eigenvalue weighted by Gasteiger charge is -2.25. The third kappa shape index (κ3) is 3.82. The van der Waals surface area contributed by atoms with E-state index in [0.717, 1.165) is 25.2 Å². The van der Waals surface area contributed by atoms with Crippen LogP contribution in [-0.2, 0) is 13.0 Å². The summed E-state index contributed by atoms with van der Waals surface area (Å²) in [6.45, 7) is 6.09. The first-order valence-corrected chi connectivity index (χ1v) is 9.19. The molecule has 0 radical (unpaired) electrons. The molecule has 3 heterocycles. The molecule has 1 aliphatic rings. The van der Waals surface area contributed by atoms with E-state index in [9.17, 15) is 0 Å². The number of likely N-dealkylation sites (N-methyl/N-ethyl adjacent to an activating group) is 1. The minimum absolute atomic E-state index is 0.302. The largest absolute Gasteiger partial charge is 0.324 e. The van der Waals surface area contributed by atoms with E-state index in [1.807, 2.05) is 6.07 Å². The van der Waals surface area contributed by atoms with Gasteiger partial charge in [0, 0.05) is 48.5 Å². The van der Waals surface area contributed by atoms with Crippen molar-refractivity contribution >= 4 is 22.9 Å². The zero-order chi connectivity index (χ0) is 19.5. The molecule has 0 aliphatic carbocycles. The summed E-state index contributed by atoms with van der Waals surface area (Å²) in [5.74, 6) is 0.491. The Balaban J connectivity index is 1.53. The van der Waals surface area contributed by atoms with Gasteiger partial charge >= 0.3 is 0 Å². The third-order valence-corrected chi connectivity index (χ3v) is 4.88. The van der Waals surface area contributed by atoms with Gasteiger partial charge in [-0.3, -0.25) is 10.4 Å². The van der Waals surface area contributed by atoms with Gasteiger partial charge in [0.15, 0.2) is 0 Å². The number of nitrogens with one attached hydrogen (secondary N) is 2. The Morgan fingerprint density at radius 2 is 2.07 bits per heavy atom. The van der Waals surface area contributed by atoms with Gasteiger partial charge in [0.1, 0.15) is 0 Å². The topological polar surface area (TPSA) is 77.8 Å². The van der Waals surface area contributed by atoms with Crippen LogP contribution in [0.5, 0.6) is 0 Å². The van der Waals surface area contributed by atoms with Crippen molar-refractivity contribution < 1.29 is 0 Å². The summed E-state index contributed by atoms with van der Waals surface area (Å²) >= 11 is 0. The monoisotopic (exact) mass is 370 g/mol. The zero-order valence-electron chi connectivity index (χ0n) is 15.8. The van der Waals surface area contributed by atoms with Gasteiger partial charge in [-0.1, -0.05) is 12.6 Å². The van der Waals surface area contributed by atoms with Crippen molar-refractivity contribution in [3.05, 3.63) is 84.0 Å². The number of benzene rings is 1. The normalized spacial score (nSPS) is 13.6. The van der Waals surface area contributed by atoms with E-state index >= 15 is 0 Å². The molecule has 6 heteroatoms. The second-order valence-corrected chi connectivity index (χ2v) is 6.96. The lowest BCUT2D eigenvalue weighted by atomic mass is 9.99. The number of nitrogens with zero attached hydrogens (tertiary/aromatic N) is 4. The van der Waals surface area contributed by atoms with Gasteiger partial charge in [-0.05, 0) is 54.9 Å². The average molecular weight is 370 g/mol. The van der Waals surface area contributed by atoms with Crippen molar-refractivity contribution in [3.63, 3.8) is 0 Å². The van der Waals surface area contributed by atoms with Crippen LogP contribution in [0.15, 0.2) is 61.6 Å². The smallest absolute Gasteiger partial charge is 0.227 e. The van der Waals surface area contributed by atoms with E-state index in [1.165, 1.54) is 11.1 Å². The highest BCUT2D eigenvalue weighted by molar-refractivity contribution is 6.29. The summed E-state index contributed by atoms with van der Waals surface area (Å²) in [6.07, 6.45) is 6.06. The first-order chi connectivity index (χ1) is 13.6. The number of rotatable bonds is 5. The Morgan fingerprint density at radius 1 is 1.18 bits per heavy atom. The summed E-state index contributed by atoms with van der Waals surface area (Å²) in [7, 11) is 2.14. The molecule has 28 heavy (non-hydrogen) atoms. The van der Waals surface area contributed by atoms with Crippen molar-refractivity contribution in [2.24, 2.45) is 0 Å². The van der Waals surface area contributed by atoms with Crippen LogP contribution < -0.4 is 5.32 Å². The van der Waals surface area contributed by atoms with Gasteiger partial charge in [-0.25, -0.2) is 9.97 Å². The molecule has 0 amide bonds. The van der Waals surface area contributed by atoms with E-state index in [-0.39, 0.29) is 0 Å². The molecule has 140 valence electrons. The van der Waals surface area contributed by atoms with Gasteiger partial charge in [0.05, 0.1) is 11.4 Å². The van der Waals surface area contributed by atoms with Crippen LogP contribution in [0.1, 0.15) is 22.4 Å². The highest BCUT2D eigenvalue weighted by Gasteiger charge is 2.14. The Kier molecular flexibility index (Phi) is 4.95. The molecule has 2 aromatic heterocycles. The first-order valence-electron chi connectivity index (χ1n) is 9.19. The lowest BCUT2D eigenvalue weighted by molar-refractivity contribution is 0.313. The fourth-order valence-electron chi connectivity index (χ4n) is 3.30. The molecule has 0 unspecified atom stereocenters. The van der Waals surface area contributed by atoms with Crippen LogP contribution in [0, 0.1) is 5.41 Å². The number of fused-ring (bicyclic) bond motifs is 1. The van der Waals surface area contributed by atoms with E-state index < -0.39 is 0 Å². The number of allylic oxidation sites excluding steroid dienone is 1. The molecule has 1 aliphatic heterocycles. The van der Waals surface area contributed by atoms with Crippen LogP contribution in [0.3, 0.4) is 0 Å². The molecule has 6 nitrogen and oxygen atoms in total. The van der Waals surface area contributed by atoms with Crippen molar-refractivity contribution in [2.75, 3.05) is 18.9 Å². The Bertz CT molecular complexity index is 1030. The molecular weight excluding hydrogens is 348 g/mol. The number of pyridine rings is 1. The molecule has 0 bridgehead atoms. The lowest BCUT2D eigenvalue weighted by Crippen LogP contribution is -2.26. The van der Waals surface area contributed by atoms with Crippen LogP contribution in [-0.4, -0.2) is 39.2 Å². The van der Waals surface area contributed by atoms with Gasteiger partial charge in [-0.15, -0.1) is 0 Å². The van der Waals surface area contributed by atoms with Crippen LogP contribution in [0.25, 0.3) is 5.57 Å². The molecule has 3 aromatic rings. The molecule has 0 atom stereocenters. The molecule has 0 saturated heterocycles. The van der Waals surface area contributed by atoms with Crippen LogP contribution >= 0.6 is 0 Å². The molecule has 2 N–H and O–H groups in total. The van der Waals surface area contributed by atoms with Crippen LogP contribution in [0.2, 0.25) is 0 Å². The van der Waals surface area contributed by atoms with E-state index in [0.29, 0.717) is 28.5 Å². The molecular formula is C22H22N6. The highest BCUT2D eigenvalue weighted by atomic mass is 15.1. The summed E-state index contributed by atoms with van der Waals surface area (Å²) in [5.41, 5.74) is 5.86. The number of hydrogen-bond donors (Lipinski definition) is 2. The second kappa shape index (κ2) is 7.70. The van der Waals surface area contributed by atoms with Crippen LogP contribution in [0.4, 0.5) is 11.6 Å². The fraction of sp³-hybridized carbons (Fsp3) is 0.182. The molecule has 0 spiro atoms. The van der Waals surface area contributed by atoms with Gasteiger partial charge in [-0.2, -0.15) is 0 Å². The quantitative estimate of drug-likeness (QED) is 0.670. The molecule has 0 fully saturated rings. The average Bonchev–Trinajstić information content (AvgIpc) is 2.73. The number of hydrogen-bond acceptors (Lipinski definition) is 6. The standard InChI is InChI=1S/C22H22N6/c1-15(21(23)17-4-3-9-24-13-17)20-7-10-25-22(27-20)26-19-6-5-18-14-28(2)11-8-16(18)12-19/h3-7,9-10,12-13,23H,1,8,11,14H2,2H3,(H,25,26,27). The van der Waals surface area contributed by atoms with Gasteiger partial charge in [0.25, 0.3) is 0 Å². The summed E-state index contributed by atoms with van der Waals surface area (Å²) in [6, 6.07) is 11.8. The summed E-state index contributed by atoms with van der Waals surface area (Å²) < 4.78 is 0. The maximum atomic E-state index is 8.36. The van der Waals surface area contributed by atoms with Gasteiger partial charge in [0.2, 0.25) is 5.95 Å². The molecule has 4 rings (SSSR count). The summed E-state index contributed by atoms with van der Waals surface area (Å²) in [5, 5.41) is 11.6. The maximum Gasteiger partial charge on any atom is 0.227 e. The second-order valence-electron chi connectivity index (χ2n) is 6.96. The predicted molar refractivity (Wildman–Crippen MR) is 112 cm³/mol. The van der Waals surface area contributed by atoms with Crippen molar-refractivity contribution in [2.45, 2.75) is 13.0 Å². The predicted octanol–water partition coefficient (Wildman–Crippen LogP) is 3.68. The van der Waals surface area contributed by atoms with Crippen molar-refractivity contribution in [1.29, 1.82) is 5.41 Å². The van der Waals surface area contributed by atoms with E-state index in [1.54, 1.807) is 30.7 Å². The first kappa shape index (κ1) is 18.0. The third-order valence-electron chi connectivity index (χ3n) is 4.88. The highest BCUT2D eigenvalue weighted by Crippen LogP contribution is 2.24. The Morgan fingerprint density at radius 3 is 2.89 bits per heavy atom.